The van der Waals surface area contributed by atoms with Gasteiger partial charge in [0.2, 0.25) is 0 Å². The molecular formula is C20H21Cl2FN4O4. The maximum absolute atomic E-state index is 14.6. The number of nitrogens with zero attached hydrogens (tertiary/aromatic N) is 3. The van der Waals surface area contributed by atoms with Gasteiger partial charge in [0.15, 0.2) is 16.4 Å². The number of hydrogen-bond donors (Lipinski definition) is 1. The number of halogens is 3. The van der Waals surface area contributed by atoms with Crippen LogP contribution in [-0.2, 0) is 16.1 Å². The molecule has 0 spiro atoms. The van der Waals surface area contributed by atoms with Gasteiger partial charge in [0.05, 0.1) is 41.6 Å². The molecule has 31 heavy (non-hydrogen) atoms. The molecule has 1 atom stereocenters. The molecule has 1 aromatic heterocycles. The van der Waals surface area contributed by atoms with E-state index in [9.17, 15) is 14.0 Å². The maximum Gasteiger partial charge on any atom is 0.414 e. The van der Waals surface area contributed by atoms with Crippen LogP contribution in [0.2, 0.25) is 0 Å². The largest absolute Gasteiger partial charge is 0.484 e. The van der Waals surface area contributed by atoms with Crippen LogP contribution in [0.15, 0.2) is 18.2 Å². The highest BCUT2D eigenvalue weighted by molar-refractivity contribution is 6.53. The summed E-state index contributed by atoms with van der Waals surface area (Å²) in [6, 6.07) is 4.17. The number of anilines is 1. The standard InChI is InChI=1S/C20H21Cl2FN4O4/c1-10-11(2)26-16(12(3)25-10)9-30-17-5-4-13(6-15(17)23)27-8-14(31-20(27)29)7-24-19(28)18(21)22/h4-6,14,18H,7-9H2,1-3H3,(H,24,28)/t14-/m0/s1. The summed E-state index contributed by atoms with van der Waals surface area (Å²) in [6.45, 7) is 5.76. The van der Waals surface area contributed by atoms with Gasteiger partial charge in [0.1, 0.15) is 12.7 Å². The van der Waals surface area contributed by atoms with Crippen LogP contribution < -0.4 is 15.0 Å². The zero-order valence-corrected chi connectivity index (χ0v) is 18.6. The summed E-state index contributed by atoms with van der Waals surface area (Å²) in [4.78, 5) is 32.4. The molecule has 0 saturated carbocycles. The van der Waals surface area contributed by atoms with Crippen LogP contribution in [0.1, 0.15) is 22.8 Å². The average molecular weight is 471 g/mol. The number of ether oxygens (including phenoxy) is 2. The SMILES string of the molecule is Cc1nc(C)c(COc2ccc(N3C[C@H](CNC(=O)C(Cl)Cl)OC3=O)cc2F)nc1C. The number of hydrogen-bond acceptors (Lipinski definition) is 6. The molecule has 0 unspecified atom stereocenters. The smallest absolute Gasteiger partial charge is 0.414 e. The molecule has 8 nitrogen and oxygen atoms in total. The van der Waals surface area contributed by atoms with E-state index in [4.69, 9.17) is 32.7 Å². The number of carbonyl (C=O) groups is 2. The number of nitrogens with one attached hydrogen (secondary N) is 1. The lowest BCUT2D eigenvalue weighted by atomic mass is 10.2. The number of amides is 2. The summed E-state index contributed by atoms with van der Waals surface area (Å²) >= 11 is 10.9. The van der Waals surface area contributed by atoms with Crippen molar-refractivity contribution in [1.29, 1.82) is 0 Å². The van der Waals surface area contributed by atoms with E-state index in [1.165, 1.54) is 17.0 Å². The quantitative estimate of drug-likeness (QED) is 0.623. The Labute approximate surface area is 188 Å². The molecule has 3 rings (SSSR count). The molecule has 0 aliphatic carbocycles. The van der Waals surface area contributed by atoms with E-state index in [2.05, 4.69) is 15.3 Å². The highest BCUT2D eigenvalue weighted by atomic mass is 35.5. The Balaban J connectivity index is 1.63. The lowest BCUT2D eigenvalue weighted by Gasteiger charge is -2.15. The second-order valence-electron chi connectivity index (χ2n) is 6.99. The Morgan fingerprint density at radius 2 is 2.00 bits per heavy atom. The fraction of sp³-hybridized carbons (Fsp3) is 0.400. The topological polar surface area (TPSA) is 93.6 Å². The molecule has 1 aromatic carbocycles. The third-order valence-corrected chi connectivity index (χ3v) is 5.14. The van der Waals surface area contributed by atoms with E-state index < -0.39 is 28.8 Å². The van der Waals surface area contributed by atoms with Crippen molar-refractivity contribution in [3.63, 3.8) is 0 Å². The summed E-state index contributed by atoms with van der Waals surface area (Å²) < 4.78 is 25.3. The van der Waals surface area contributed by atoms with Crippen LogP contribution in [0.5, 0.6) is 5.75 Å². The zero-order valence-electron chi connectivity index (χ0n) is 17.1. The number of rotatable bonds is 7. The molecule has 1 saturated heterocycles. The summed E-state index contributed by atoms with van der Waals surface area (Å²) in [5, 5.41) is 2.47. The summed E-state index contributed by atoms with van der Waals surface area (Å²) in [7, 11) is 0. The van der Waals surface area contributed by atoms with Crippen LogP contribution in [0.25, 0.3) is 0 Å². The molecular weight excluding hydrogens is 450 g/mol. The van der Waals surface area contributed by atoms with E-state index in [1.54, 1.807) is 6.07 Å². The van der Waals surface area contributed by atoms with Crippen molar-refractivity contribution < 1.29 is 23.5 Å². The molecule has 2 heterocycles. The lowest BCUT2D eigenvalue weighted by Crippen LogP contribution is -2.37. The van der Waals surface area contributed by atoms with E-state index >= 15 is 0 Å². The monoisotopic (exact) mass is 470 g/mol. The van der Waals surface area contributed by atoms with Gasteiger partial charge in [-0.15, -0.1) is 0 Å². The van der Waals surface area contributed by atoms with Gasteiger partial charge in [-0.3, -0.25) is 19.7 Å². The van der Waals surface area contributed by atoms with Gasteiger partial charge in [-0.25, -0.2) is 9.18 Å². The third kappa shape index (κ3) is 5.54. The summed E-state index contributed by atoms with van der Waals surface area (Å²) in [5.74, 6) is -1.20. The van der Waals surface area contributed by atoms with Gasteiger partial charge in [-0.05, 0) is 32.9 Å². The molecule has 1 fully saturated rings. The Bertz CT molecular complexity index is 1010. The van der Waals surface area contributed by atoms with Crippen LogP contribution in [0, 0.1) is 26.6 Å². The number of alkyl halides is 2. The van der Waals surface area contributed by atoms with Crippen molar-refractivity contribution in [3.05, 3.63) is 46.8 Å². The number of carbonyl (C=O) groups excluding carboxylic acids is 2. The van der Waals surface area contributed by atoms with Crippen molar-refractivity contribution in [3.8, 4) is 5.75 Å². The van der Waals surface area contributed by atoms with Crippen LogP contribution in [0.4, 0.5) is 14.9 Å². The maximum atomic E-state index is 14.6. The molecule has 1 N–H and O–H groups in total. The number of aromatic nitrogens is 2. The molecule has 11 heteroatoms. The fourth-order valence-corrected chi connectivity index (χ4v) is 3.10. The average Bonchev–Trinajstić information content (AvgIpc) is 3.09. The van der Waals surface area contributed by atoms with Crippen molar-refractivity contribution in [1.82, 2.24) is 15.3 Å². The molecule has 0 bridgehead atoms. The summed E-state index contributed by atoms with van der Waals surface area (Å²) in [6.07, 6.45) is -1.27. The Kier molecular flexibility index (Phi) is 7.17. The first-order valence-electron chi connectivity index (χ1n) is 9.42. The van der Waals surface area contributed by atoms with E-state index in [0.29, 0.717) is 17.1 Å². The third-order valence-electron chi connectivity index (χ3n) is 4.75. The van der Waals surface area contributed by atoms with Crippen molar-refractivity contribution >= 4 is 40.9 Å². The number of aryl methyl sites for hydroxylation is 3. The summed E-state index contributed by atoms with van der Waals surface area (Å²) in [5.41, 5.74) is 3.25. The van der Waals surface area contributed by atoms with Gasteiger partial charge < -0.3 is 14.8 Å². The Hall–Kier alpha value is -2.65. The first kappa shape index (κ1) is 23.0. The zero-order chi connectivity index (χ0) is 22.7. The van der Waals surface area contributed by atoms with Crippen molar-refractivity contribution in [2.75, 3.05) is 18.0 Å². The van der Waals surface area contributed by atoms with Gasteiger partial charge in [0, 0.05) is 6.07 Å². The van der Waals surface area contributed by atoms with Crippen molar-refractivity contribution in [2.45, 2.75) is 38.3 Å². The van der Waals surface area contributed by atoms with Gasteiger partial charge in [0.25, 0.3) is 5.91 Å². The minimum atomic E-state index is -1.21. The minimum Gasteiger partial charge on any atom is -0.484 e. The predicted octanol–water partition coefficient (Wildman–Crippen LogP) is 3.37. The highest BCUT2D eigenvalue weighted by Gasteiger charge is 2.33. The van der Waals surface area contributed by atoms with E-state index in [1.807, 2.05) is 20.8 Å². The molecule has 2 aromatic rings. The van der Waals surface area contributed by atoms with Gasteiger partial charge in [-0.2, -0.15) is 0 Å². The Morgan fingerprint density at radius 3 is 2.68 bits per heavy atom. The Morgan fingerprint density at radius 1 is 1.29 bits per heavy atom. The highest BCUT2D eigenvalue weighted by Crippen LogP contribution is 2.27. The number of benzene rings is 1. The molecule has 1 aliphatic rings. The second kappa shape index (κ2) is 9.65. The minimum absolute atomic E-state index is 0.0230. The molecule has 166 valence electrons. The lowest BCUT2D eigenvalue weighted by molar-refractivity contribution is -0.119. The molecule has 2 amide bonds. The van der Waals surface area contributed by atoms with Crippen LogP contribution in [-0.4, -0.2) is 46.0 Å². The first-order chi connectivity index (χ1) is 14.7. The van der Waals surface area contributed by atoms with Gasteiger partial charge >= 0.3 is 6.09 Å². The van der Waals surface area contributed by atoms with Crippen LogP contribution >= 0.6 is 23.2 Å². The molecule has 0 radical (unpaired) electrons. The van der Waals surface area contributed by atoms with E-state index in [-0.39, 0.29) is 25.4 Å². The van der Waals surface area contributed by atoms with Crippen LogP contribution in [0.3, 0.4) is 0 Å². The number of cyclic esters (lactones) is 1. The second-order valence-corrected chi connectivity index (χ2v) is 8.09. The predicted molar refractivity (Wildman–Crippen MR) is 113 cm³/mol. The normalized spacial score (nSPS) is 15.9. The molecule has 1 aliphatic heterocycles. The first-order valence-corrected chi connectivity index (χ1v) is 10.3. The van der Waals surface area contributed by atoms with Crippen molar-refractivity contribution in [2.24, 2.45) is 0 Å². The van der Waals surface area contributed by atoms with Gasteiger partial charge in [-0.1, -0.05) is 23.2 Å². The fourth-order valence-electron chi connectivity index (χ4n) is 2.95. The van der Waals surface area contributed by atoms with E-state index in [0.717, 1.165) is 11.4 Å².